The molecule has 0 aliphatic carbocycles. The lowest BCUT2D eigenvalue weighted by Gasteiger charge is -2.04. The highest BCUT2D eigenvalue weighted by Crippen LogP contribution is 2.12. The second-order valence-electron chi connectivity index (χ2n) is 4.56. The molecule has 0 aliphatic rings. The van der Waals surface area contributed by atoms with E-state index in [-0.39, 0.29) is 11.3 Å². The van der Waals surface area contributed by atoms with Crippen LogP contribution in [0.3, 0.4) is 0 Å². The number of rotatable bonds is 3. The van der Waals surface area contributed by atoms with Gasteiger partial charge in [0.1, 0.15) is 0 Å². The summed E-state index contributed by atoms with van der Waals surface area (Å²) in [6.45, 7) is 1.81. The topological polar surface area (TPSA) is 87.2 Å². The van der Waals surface area contributed by atoms with Crippen molar-refractivity contribution in [2.75, 3.05) is 0 Å². The number of fused-ring (bicyclic) bond motifs is 1. The van der Waals surface area contributed by atoms with Crippen LogP contribution < -0.4 is 11.0 Å². The molecule has 1 aromatic carbocycles. The van der Waals surface area contributed by atoms with E-state index in [4.69, 9.17) is 0 Å². The van der Waals surface area contributed by atoms with Crippen molar-refractivity contribution in [1.29, 1.82) is 0 Å². The van der Waals surface area contributed by atoms with Gasteiger partial charge in [0, 0.05) is 10.3 Å². The predicted octanol–water partition coefficient (Wildman–Crippen LogP) is 2.14. The van der Waals surface area contributed by atoms with Crippen molar-refractivity contribution in [3.63, 3.8) is 0 Å². The molecule has 3 aromatic rings. The summed E-state index contributed by atoms with van der Waals surface area (Å²) in [5.41, 5.74) is 2.98. The van der Waals surface area contributed by atoms with Crippen LogP contribution in [0.2, 0.25) is 0 Å². The van der Waals surface area contributed by atoms with E-state index in [0.29, 0.717) is 16.5 Å². The van der Waals surface area contributed by atoms with Gasteiger partial charge in [0.25, 0.3) is 11.5 Å². The first-order valence-electron chi connectivity index (χ1n) is 6.53. The van der Waals surface area contributed by atoms with Gasteiger partial charge in [-0.3, -0.25) is 9.59 Å². The third-order valence-corrected chi connectivity index (χ3v) is 4.09. The number of thiophene rings is 1. The van der Waals surface area contributed by atoms with Crippen LogP contribution in [-0.4, -0.2) is 21.8 Å². The maximum absolute atomic E-state index is 12.2. The van der Waals surface area contributed by atoms with Crippen LogP contribution in [0.1, 0.15) is 22.3 Å². The molecule has 1 amide bonds. The van der Waals surface area contributed by atoms with Crippen LogP contribution >= 0.6 is 11.3 Å². The molecule has 0 spiro atoms. The maximum Gasteiger partial charge on any atom is 0.292 e. The Kier molecular flexibility index (Phi) is 3.80. The Morgan fingerprint density at radius 3 is 2.73 bits per heavy atom. The van der Waals surface area contributed by atoms with Gasteiger partial charge < -0.3 is 0 Å². The summed E-state index contributed by atoms with van der Waals surface area (Å²) in [5.74, 6) is -0.469. The van der Waals surface area contributed by atoms with Crippen LogP contribution in [0.5, 0.6) is 0 Å². The highest BCUT2D eigenvalue weighted by atomic mass is 32.1. The molecular weight excluding hydrogens is 300 g/mol. The lowest BCUT2D eigenvalue weighted by atomic mass is 10.1. The summed E-state index contributed by atoms with van der Waals surface area (Å²) < 4.78 is 0. The fraction of sp³-hybridized carbons (Fsp3) is 0.0667. The predicted molar refractivity (Wildman–Crippen MR) is 86.4 cm³/mol. The summed E-state index contributed by atoms with van der Waals surface area (Å²) in [4.78, 5) is 24.9. The summed E-state index contributed by atoms with van der Waals surface area (Å²) >= 11 is 1.54. The minimum absolute atomic E-state index is 0.137. The summed E-state index contributed by atoms with van der Waals surface area (Å²) in [6, 6.07) is 10.6. The zero-order valence-corrected chi connectivity index (χ0v) is 12.5. The quantitative estimate of drug-likeness (QED) is 0.574. The highest BCUT2D eigenvalue weighted by Gasteiger charge is 2.13. The maximum atomic E-state index is 12.2. The SMILES string of the molecule is C/C(=N\NC(=O)c1n[nH]c(=O)c2ccccc12)c1cccs1. The lowest BCUT2D eigenvalue weighted by Crippen LogP contribution is -2.23. The number of aromatic nitrogens is 2. The van der Waals surface area contributed by atoms with E-state index in [0.717, 1.165) is 4.88 Å². The first-order chi connectivity index (χ1) is 10.7. The molecule has 0 saturated heterocycles. The van der Waals surface area contributed by atoms with E-state index in [9.17, 15) is 9.59 Å². The van der Waals surface area contributed by atoms with Gasteiger partial charge in [-0.2, -0.15) is 10.2 Å². The zero-order valence-electron chi connectivity index (χ0n) is 11.7. The molecule has 2 aromatic heterocycles. The van der Waals surface area contributed by atoms with Crippen LogP contribution in [0, 0.1) is 0 Å². The fourth-order valence-corrected chi connectivity index (χ4v) is 2.69. The van der Waals surface area contributed by atoms with Crippen molar-refractivity contribution >= 4 is 33.7 Å². The number of nitrogens with zero attached hydrogens (tertiary/aromatic N) is 2. The minimum Gasteiger partial charge on any atom is -0.267 e. The molecule has 0 bridgehead atoms. The number of benzene rings is 1. The number of hydrazone groups is 1. The Morgan fingerprint density at radius 1 is 1.23 bits per heavy atom. The van der Waals surface area contributed by atoms with Gasteiger partial charge in [-0.1, -0.05) is 24.3 Å². The lowest BCUT2D eigenvalue weighted by molar-refractivity contribution is 0.0950. The number of hydrogen-bond donors (Lipinski definition) is 2. The van der Waals surface area contributed by atoms with Crippen molar-refractivity contribution in [3.8, 4) is 0 Å². The second-order valence-corrected chi connectivity index (χ2v) is 5.51. The number of nitrogens with one attached hydrogen (secondary N) is 2. The Bertz CT molecular complexity index is 913. The molecule has 2 N–H and O–H groups in total. The monoisotopic (exact) mass is 312 g/mol. The molecule has 0 saturated carbocycles. The third kappa shape index (κ3) is 2.66. The molecule has 0 atom stereocenters. The number of hydrogen-bond acceptors (Lipinski definition) is 5. The van der Waals surface area contributed by atoms with Gasteiger partial charge >= 0.3 is 0 Å². The van der Waals surface area contributed by atoms with Crippen molar-refractivity contribution in [2.45, 2.75) is 6.92 Å². The van der Waals surface area contributed by atoms with Crippen LogP contribution in [-0.2, 0) is 0 Å². The van der Waals surface area contributed by atoms with Crippen molar-refractivity contribution < 1.29 is 4.79 Å². The molecule has 0 aliphatic heterocycles. The van der Waals surface area contributed by atoms with Crippen molar-refractivity contribution in [3.05, 3.63) is 62.7 Å². The molecule has 0 unspecified atom stereocenters. The largest absolute Gasteiger partial charge is 0.292 e. The average molecular weight is 312 g/mol. The number of H-pyrrole nitrogens is 1. The van der Waals surface area contributed by atoms with Crippen molar-refractivity contribution in [1.82, 2.24) is 15.6 Å². The van der Waals surface area contributed by atoms with Gasteiger partial charge in [0.05, 0.1) is 11.1 Å². The number of amides is 1. The van der Waals surface area contributed by atoms with Gasteiger partial charge in [-0.05, 0) is 24.4 Å². The van der Waals surface area contributed by atoms with E-state index < -0.39 is 5.91 Å². The van der Waals surface area contributed by atoms with E-state index in [1.54, 1.807) is 24.3 Å². The fourth-order valence-electron chi connectivity index (χ4n) is 2.01. The Morgan fingerprint density at radius 2 is 2.00 bits per heavy atom. The van der Waals surface area contributed by atoms with Crippen LogP contribution in [0.15, 0.2) is 51.7 Å². The first-order valence-corrected chi connectivity index (χ1v) is 7.40. The Labute approximate surface area is 129 Å². The molecule has 0 fully saturated rings. The number of aromatic amines is 1. The molecule has 7 heteroatoms. The minimum atomic E-state index is -0.469. The van der Waals surface area contributed by atoms with Crippen LogP contribution in [0.25, 0.3) is 10.8 Å². The van der Waals surface area contributed by atoms with Gasteiger partial charge in [0.2, 0.25) is 0 Å². The molecule has 3 rings (SSSR count). The van der Waals surface area contributed by atoms with E-state index in [2.05, 4.69) is 20.7 Å². The smallest absolute Gasteiger partial charge is 0.267 e. The third-order valence-electron chi connectivity index (χ3n) is 3.11. The van der Waals surface area contributed by atoms with Gasteiger partial charge in [0.15, 0.2) is 5.69 Å². The molecule has 22 heavy (non-hydrogen) atoms. The van der Waals surface area contributed by atoms with Crippen LogP contribution in [0.4, 0.5) is 0 Å². The molecule has 2 heterocycles. The zero-order chi connectivity index (χ0) is 15.5. The van der Waals surface area contributed by atoms with Gasteiger partial charge in [-0.25, -0.2) is 10.5 Å². The van der Waals surface area contributed by atoms with Gasteiger partial charge in [-0.15, -0.1) is 11.3 Å². The molecular formula is C15H12N4O2S. The van der Waals surface area contributed by atoms with E-state index in [1.165, 1.54) is 11.3 Å². The number of carbonyl (C=O) groups is 1. The summed E-state index contributed by atoms with van der Waals surface area (Å²) in [6.07, 6.45) is 0. The Balaban J connectivity index is 1.92. The normalized spacial score (nSPS) is 11.6. The second kappa shape index (κ2) is 5.90. The first kappa shape index (κ1) is 14.2. The number of carbonyl (C=O) groups excluding carboxylic acids is 1. The van der Waals surface area contributed by atoms with E-state index >= 15 is 0 Å². The van der Waals surface area contributed by atoms with E-state index in [1.807, 2.05) is 24.4 Å². The average Bonchev–Trinajstić information content (AvgIpc) is 3.07. The highest BCUT2D eigenvalue weighted by molar-refractivity contribution is 7.12. The molecule has 110 valence electrons. The molecule has 0 radical (unpaired) electrons. The van der Waals surface area contributed by atoms with Crippen molar-refractivity contribution in [2.24, 2.45) is 5.10 Å². The Hall–Kier alpha value is -2.80. The summed E-state index contributed by atoms with van der Waals surface area (Å²) in [5, 5.41) is 13.1. The molecule has 6 nitrogen and oxygen atoms in total. The standard InChI is InChI=1S/C15H12N4O2S/c1-9(12-7-4-8-22-12)16-19-15(21)13-10-5-2-3-6-11(10)14(20)18-17-13/h2-8H,1H3,(H,18,20)(H,19,21)/b16-9+. The summed E-state index contributed by atoms with van der Waals surface area (Å²) in [7, 11) is 0.